The fourth-order valence-electron chi connectivity index (χ4n) is 1.26. The molecule has 1 aromatic heterocycles. The molecule has 68 valence electrons. The number of hydrogen-bond acceptors (Lipinski definition) is 2. The van der Waals surface area contributed by atoms with Crippen molar-refractivity contribution >= 4 is 0 Å². The maximum atomic E-state index is 8.11. The van der Waals surface area contributed by atoms with Gasteiger partial charge in [-0.25, -0.2) is 0 Å². The third kappa shape index (κ3) is 2.23. The largest absolute Gasteiger partial charge is 0.272 e. The van der Waals surface area contributed by atoms with E-state index in [1.54, 1.807) is 0 Å². The van der Waals surface area contributed by atoms with Crippen molar-refractivity contribution in [3.63, 3.8) is 0 Å². The molecule has 0 aliphatic heterocycles. The van der Waals surface area contributed by atoms with Gasteiger partial charge in [-0.15, -0.1) is 0 Å². The van der Waals surface area contributed by atoms with E-state index in [0.717, 1.165) is 18.2 Å². The summed E-state index contributed by atoms with van der Waals surface area (Å²) >= 11 is 0. The number of aromatic nitrogens is 2. The molecule has 0 saturated heterocycles. The summed E-state index contributed by atoms with van der Waals surface area (Å²) in [5, 5.41) is 7.73. The van der Waals surface area contributed by atoms with Crippen molar-refractivity contribution < 1.29 is 0 Å². The summed E-state index contributed by atoms with van der Waals surface area (Å²) in [4.78, 5) is 2.69. The zero-order chi connectivity index (χ0) is 9.10. The lowest BCUT2D eigenvalue weighted by Crippen LogP contribution is -2.00. The summed E-state index contributed by atoms with van der Waals surface area (Å²) in [7, 11) is 0. The Morgan fingerprint density at radius 3 is 3.23 bits per heavy atom. The molecule has 2 rings (SSSR count). The maximum absolute atomic E-state index is 8.11. The predicted octanol–water partition coefficient (Wildman–Crippen LogP) is 2.10. The Bertz CT molecular complexity index is 332. The molecular formula is C8H11N5. The standard InChI is InChI=1S/C8H11N5/c9-12-10-5-8-3-4-13(11-8)6-7-1-2-7/h3-4,7H,1-2,5-6H2. The highest BCUT2D eigenvalue weighted by molar-refractivity contribution is 4.98. The zero-order valence-corrected chi connectivity index (χ0v) is 7.30. The topological polar surface area (TPSA) is 66.6 Å². The minimum absolute atomic E-state index is 0.355. The minimum atomic E-state index is 0.355. The molecule has 5 nitrogen and oxygen atoms in total. The second kappa shape index (κ2) is 3.49. The van der Waals surface area contributed by atoms with Crippen LogP contribution in [0, 0.1) is 5.92 Å². The van der Waals surface area contributed by atoms with Crippen molar-refractivity contribution in [2.75, 3.05) is 0 Å². The van der Waals surface area contributed by atoms with Gasteiger partial charge in [0.25, 0.3) is 0 Å². The Kier molecular flexibility index (Phi) is 2.19. The summed E-state index contributed by atoms with van der Waals surface area (Å²) in [6.45, 7) is 1.37. The molecule has 1 aromatic rings. The highest BCUT2D eigenvalue weighted by atomic mass is 15.3. The maximum Gasteiger partial charge on any atom is 0.0702 e. The number of hydrogen-bond donors (Lipinski definition) is 0. The van der Waals surface area contributed by atoms with E-state index in [9.17, 15) is 0 Å². The Morgan fingerprint density at radius 1 is 1.69 bits per heavy atom. The fourth-order valence-corrected chi connectivity index (χ4v) is 1.26. The third-order valence-corrected chi connectivity index (χ3v) is 2.13. The lowest BCUT2D eigenvalue weighted by Gasteiger charge is -1.96. The van der Waals surface area contributed by atoms with Crippen LogP contribution < -0.4 is 0 Å². The first-order valence-electron chi connectivity index (χ1n) is 4.41. The molecule has 1 heterocycles. The van der Waals surface area contributed by atoms with Crippen molar-refractivity contribution in [2.24, 2.45) is 11.0 Å². The second-order valence-electron chi connectivity index (χ2n) is 3.36. The number of azide groups is 1. The number of nitrogens with zero attached hydrogens (tertiary/aromatic N) is 5. The van der Waals surface area contributed by atoms with Gasteiger partial charge in [-0.05, 0) is 30.4 Å². The van der Waals surface area contributed by atoms with E-state index >= 15 is 0 Å². The molecule has 0 atom stereocenters. The normalized spacial score (nSPS) is 15.4. The molecular weight excluding hydrogens is 166 g/mol. The monoisotopic (exact) mass is 177 g/mol. The molecule has 13 heavy (non-hydrogen) atoms. The first-order valence-corrected chi connectivity index (χ1v) is 4.41. The van der Waals surface area contributed by atoms with Crippen LogP contribution in [-0.2, 0) is 13.1 Å². The van der Waals surface area contributed by atoms with Gasteiger partial charge in [0, 0.05) is 17.7 Å². The van der Waals surface area contributed by atoms with E-state index in [0.29, 0.717) is 6.54 Å². The smallest absolute Gasteiger partial charge is 0.0702 e. The zero-order valence-electron chi connectivity index (χ0n) is 7.30. The lowest BCUT2D eigenvalue weighted by molar-refractivity contribution is 0.557. The van der Waals surface area contributed by atoms with Crippen LogP contribution in [0.2, 0.25) is 0 Å². The summed E-state index contributed by atoms with van der Waals surface area (Å²) < 4.78 is 1.93. The Hall–Kier alpha value is -1.48. The molecule has 0 spiro atoms. The summed E-state index contributed by atoms with van der Waals surface area (Å²) in [5.74, 6) is 0.826. The molecule has 0 radical (unpaired) electrons. The summed E-state index contributed by atoms with van der Waals surface area (Å²) in [5.41, 5.74) is 8.96. The van der Waals surface area contributed by atoms with Crippen LogP contribution >= 0.6 is 0 Å². The van der Waals surface area contributed by atoms with Crippen LogP contribution in [0.1, 0.15) is 18.5 Å². The van der Waals surface area contributed by atoms with Crippen molar-refractivity contribution in [1.29, 1.82) is 0 Å². The van der Waals surface area contributed by atoms with Crippen LogP contribution in [0.15, 0.2) is 17.4 Å². The van der Waals surface area contributed by atoms with Gasteiger partial charge in [0.15, 0.2) is 0 Å². The van der Waals surface area contributed by atoms with Crippen LogP contribution in [0.4, 0.5) is 0 Å². The van der Waals surface area contributed by atoms with Gasteiger partial charge in [0.2, 0.25) is 0 Å². The average Bonchev–Trinajstić information content (AvgIpc) is 2.81. The molecule has 0 unspecified atom stereocenters. The Labute approximate surface area is 76.0 Å². The van der Waals surface area contributed by atoms with E-state index in [2.05, 4.69) is 15.1 Å². The van der Waals surface area contributed by atoms with Gasteiger partial charge in [-0.1, -0.05) is 5.11 Å². The number of rotatable bonds is 4. The first-order chi connectivity index (χ1) is 6.38. The van der Waals surface area contributed by atoms with E-state index in [1.807, 2.05) is 16.9 Å². The molecule has 1 fully saturated rings. The molecule has 1 aliphatic rings. The summed E-state index contributed by atoms with van der Waals surface area (Å²) in [6.07, 6.45) is 4.59. The Balaban J connectivity index is 1.95. The molecule has 0 N–H and O–H groups in total. The third-order valence-electron chi connectivity index (χ3n) is 2.13. The van der Waals surface area contributed by atoms with E-state index in [4.69, 9.17) is 5.53 Å². The molecule has 1 aliphatic carbocycles. The average molecular weight is 177 g/mol. The molecule has 5 heteroatoms. The van der Waals surface area contributed by atoms with Gasteiger partial charge in [0.05, 0.1) is 12.2 Å². The van der Waals surface area contributed by atoms with Crippen LogP contribution in [0.3, 0.4) is 0 Å². The van der Waals surface area contributed by atoms with Crippen LogP contribution in [0.25, 0.3) is 10.4 Å². The molecule has 0 aromatic carbocycles. The van der Waals surface area contributed by atoms with Gasteiger partial charge in [-0.2, -0.15) is 5.10 Å². The molecule has 1 saturated carbocycles. The van der Waals surface area contributed by atoms with E-state index in [1.165, 1.54) is 12.8 Å². The van der Waals surface area contributed by atoms with Crippen molar-refractivity contribution in [2.45, 2.75) is 25.9 Å². The highest BCUT2D eigenvalue weighted by Gasteiger charge is 2.21. The van der Waals surface area contributed by atoms with Gasteiger partial charge in [0.1, 0.15) is 0 Å². The molecule has 0 amide bonds. The van der Waals surface area contributed by atoms with Gasteiger partial charge in [-0.3, -0.25) is 4.68 Å². The lowest BCUT2D eigenvalue weighted by atomic mass is 10.4. The highest BCUT2D eigenvalue weighted by Crippen LogP contribution is 2.30. The van der Waals surface area contributed by atoms with Gasteiger partial charge >= 0.3 is 0 Å². The van der Waals surface area contributed by atoms with Crippen LogP contribution in [-0.4, -0.2) is 9.78 Å². The SMILES string of the molecule is [N-]=[N+]=NCc1ccn(CC2CC2)n1. The van der Waals surface area contributed by atoms with Crippen molar-refractivity contribution in [1.82, 2.24) is 9.78 Å². The second-order valence-corrected chi connectivity index (χ2v) is 3.36. The van der Waals surface area contributed by atoms with Gasteiger partial charge < -0.3 is 0 Å². The van der Waals surface area contributed by atoms with Crippen LogP contribution in [0.5, 0.6) is 0 Å². The van der Waals surface area contributed by atoms with Crippen molar-refractivity contribution in [3.05, 3.63) is 28.4 Å². The molecule has 0 bridgehead atoms. The predicted molar refractivity (Wildman–Crippen MR) is 47.8 cm³/mol. The Morgan fingerprint density at radius 2 is 2.54 bits per heavy atom. The first kappa shape index (κ1) is 8.13. The fraction of sp³-hybridized carbons (Fsp3) is 0.625. The van der Waals surface area contributed by atoms with E-state index in [-0.39, 0.29) is 0 Å². The quantitative estimate of drug-likeness (QED) is 0.394. The van der Waals surface area contributed by atoms with E-state index < -0.39 is 0 Å². The minimum Gasteiger partial charge on any atom is -0.272 e. The van der Waals surface area contributed by atoms with Crippen molar-refractivity contribution in [3.8, 4) is 0 Å². The summed E-state index contributed by atoms with van der Waals surface area (Å²) in [6, 6.07) is 1.90.